The van der Waals surface area contributed by atoms with Gasteiger partial charge in [0.1, 0.15) is 11.5 Å². The number of nitrogens with one attached hydrogen (secondary N) is 4. The van der Waals surface area contributed by atoms with Crippen LogP contribution in [0.2, 0.25) is 0 Å². The third-order valence-corrected chi connectivity index (χ3v) is 6.62. The first-order chi connectivity index (χ1) is 15.7. The summed E-state index contributed by atoms with van der Waals surface area (Å²) < 4.78 is 1.71. The Morgan fingerprint density at radius 3 is 2.73 bits per heavy atom. The number of fused-ring (bicyclic) bond motifs is 1. The van der Waals surface area contributed by atoms with Gasteiger partial charge in [0, 0.05) is 23.2 Å². The molecule has 0 spiro atoms. The summed E-state index contributed by atoms with van der Waals surface area (Å²) in [5, 5.41) is 15.6. The smallest absolute Gasteiger partial charge is 0.326 e. The van der Waals surface area contributed by atoms with Gasteiger partial charge in [0.25, 0.3) is 11.8 Å². The van der Waals surface area contributed by atoms with Crippen molar-refractivity contribution >= 4 is 47.1 Å². The van der Waals surface area contributed by atoms with Gasteiger partial charge in [-0.15, -0.1) is 11.8 Å². The molecule has 3 aliphatic rings. The molecule has 0 aromatic carbocycles. The molecule has 1 saturated carbocycles. The van der Waals surface area contributed by atoms with Crippen molar-refractivity contribution in [3.05, 3.63) is 40.2 Å². The highest BCUT2D eigenvalue weighted by Gasteiger charge is 2.30. The molecule has 11 heteroatoms. The highest BCUT2D eigenvalue weighted by molar-refractivity contribution is 8.04. The van der Waals surface area contributed by atoms with Crippen molar-refractivity contribution in [3.8, 4) is 0 Å². The number of nitrogens with zero attached hydrogens (tertiary/aromatic N) is 3. The molecule has 4 amide bonds. The van der Waals surface area contributed by atoms with E-state index in [9.17, 15) is 14.4 Å². The monoisotopic (exact) mass is 467 g/mol. The summed E-state index contributed by atoms with van der Waals surface area (Å²) in [6.45, 7) is 5.86. The van der Waals surface area contributed by atoms with Crippen molar-refractivity contribution in [2.45, 2.75) is 56.9 Å². The number of carbonyl (C=O) groups excluding carboxylic acids is 3. The molecular weight excluding hydrogens is 442 g/mol. The van der Waals surface area contributed by atoms with Crippen molar-refractivity contribution in [3.63, 3.8) is 0 Å². The Bertz CT molecular complexity index is 1240. The Kier molecular flexibility index (Phi) is 5.15. The Balaban J connectivity index is 1.47. The fourth-order valence-electron chi connectivity index (χ4n) is 3.64. The van der Waals surface area contributed by atoms with E-state index < -0.39 is 11.9 Å². The zero-order valence-electron chi connectivity index (χ0n) is 18.6. The second kappa shape index (κ2) is 7.91. The molecule has 1 aliphatic carbocycles. The molecule has 10 nitrogen and oxygen atoms in total. The highest BCUT2D eigenvalue weighted by atomic mass is 32.2. The van der Waals surface area contributed by atoms with Crippen LogP contribution in [0.1, 0.15) is 56.5 Å². The maximum Gasteiger partial charge on any atom is 0.326 e. The molecule has 2 aromatic heterocycles. The number of rotatable bonds is 5. The van der Waals surface area contributed by atoms with Crippen LogP contribution in [0.15, 0.2) is 28.9 Å². The van der Waals surface area contributed by atoms with Gasteiger partial charge >= 0.3 is 6.03 Å². The molecule has 172 valence electrons. The van der Waals surface area contributed by atoms with Crippen LogP contribution < -0.4 is 21.3 Å². The topological polar surface area (TPSA) is 130 Å². The van der Waals surface area contributed by atoms with Crippen molar-refractivity contribution in [2.24, 2.45) is 0 Å². The van der Waals surface area contributed by atoms with Crippen LogP contribution in [0.3, 0.4) is 0 Å². The van der Waals surface area contributed by atoms with Crippen LogP contribution in [0, 0.1) is 0 Å². The number of allylic oxidation sites excluding steroid dienone is 1. The van der Waals surface area contributed by atoms with Crippen molar-refractivity contribution in [2.75, 3.05) is 5.32 Å². The standard InChI is InChI=1S/C22H25N7O3S/c1-22(2,3)28-20(31)16-7-6-15(33-16)13-9-17(24-12-4-5-12)29-18(25-13)11(10-23-29)8-14-19(30)27-21(32)26-14/h7-10,12,15,24H,4-6H2,1-3H3,(H,28,31)(H2,26,27,30,32)/b14-8-. The molecule has 33 heavy (non-hydrogen) atoms. The predicted octanol–water partition coefficient (Wildman–Crippen LogP) is 2.46. The molecule has 1 saturated heterocycles. The first kappa shape index (κ1) is 21.5. The van der Waals surface area contributed by atoms with E-state index in [2.05, 4.69) is 26.4 Å². The molecule has 0 radical (unpaired) electrons. The maximum atomic E-state index is 12.6. The number of urea groups is 1. The number of hydrogen-bond acceptors (Lipinski definition) is 7. The van der Waals surface area contributed by atoms with Gasteiger partial charge in [0.2, 0.25) is 0 Å². The van der Waals surface area contributed by atoms with Gasteiger partial charge in [-0.05, 0) is 46.1 Å². The van der Waals surface area contributed by atoms with Crippen molar-refractivity contribution in [1.29, 1.82) is 0 Å². The fourth-order valence-corrected chi connectivity index (χ4v) is 4.73. The van der Waals surface area contributed by atoms with Crippen LogP contribution in [-0.2, 0) is 9.59 Å². The molecule has 4 N–H and O–H groups in total. The number of amides is 4. The first-order valence-electron chi connectivity index (χ1n) is 10.8. The summed E-state index contributed by atoms with van der Waals surface area (Å²) in [6, 6.07) is 1.83. The molecule has 5 rings (SSSR count). The van der Waals surface area contributed by atoms with E-state index in [0.717, 1.165) is 24.4 Å². The largest absolute Gasteiger partial charge is 0.367 e. The zero-order chi connectivity index (χ0) is 23.3. The van der Waals surface area contributed by atoms with Gasteiger partial charge in [-0.2, -0.15) is 9.61 Å². The lowest BCUT2D eigenvalue weighted by molar-refractivity contribution is -0.118. The van der Waals surface area contributed by atoms with Gasteiger partial charge in [0.05, 0.1) is 22.0 Å². The fraction of sp³-hybridized carbons (Fsp3) is 0.409. The van der Waals surface area contributed by atoms with Gasteiger partial charge in [0.15, 0.2) is 5.65 Å². The quantitative estimate of drug-likeness (QED) is 0.393. The van der Waals surface area contributed by atoms with Gasteiger partial charge < -0.3 is 16.0 Å². The van der Waals surface area contributed by atoms with E-state index in [1.54, 1.807) is 16.8 Å². The van der Waals surface area contributed by atoms with Crippen LogP contribution in [0.4, 0.5) is 10.6 Å². The number of imide groups is 1. The van der Waals surface area contributed by atoms with E-state index in [1.807, 2.05) is 32.9 Å². The molecule has 2 fully saturated rings. The Hall–Kier alpha value is -3.34. The van der Waals surface area contributed by atoms with Gasteiger partial charge in [-0.25, -0.2) is 9.78 Å². The average Bonchev–Trinajstić information content (AvgIpc) is 3.11. The third kappa shape index (κ3) is 4.58. The van der Waals surface area contributed by atoms with Crippen molar-refractivity contribution in [1.82, 2.24) is 30.5 Å². The zero-order valence-corrected chi connectivity index (χ0v) is 19.4. The molecule has 1 unspecified atom stereocenters. The minimum absolute atomic E-state index is 0.0136. The lowest BCUT2D eigenvalue weighted by Crippen LogP contribution is -2.40. The molecule has 2 aliphatic heterocycles. The Labute approximate surface area is 194 Å². The molecular formula is C22H25N7O3S. The maximum absolute atomic E-state index is 12.6. The van der Waals surface area contributed by atoms with E-state index in [-0.39, 0.29) is 22.4 Å². The number of hydrogen-bond donors (Lipinski definition) is 4. The van der Waals surface area contributed by atoms with E-state index in [0.29, 0.717) is 28.6 Å². The summed E-state index contributed by atoms with van der Waals surface area (Å²) in [4.78, 5) is 41.6. The average molecular weight is 468 g/mol. The van der Waals surface area contributed by atoms with Gasteiger partial charge in [-0.3, -0.25) is 14.9 Å². The lowest BCUT2D eigenvalue weighted by Gasteiger charge is -2.21. The minimum Gasteiger partial charge on any atom is -0.367 e. The van der Waals surface area contributed by atoms with Gasteiger partial charge in [-0.1, -0.05) is 6.08 Å². The summed E-state index contributed by atoms with van der Waals surface area (Å²) >= 11 is 1.50. The highest BCUT2D eigenvalue weighted by Crippen LogP contribution is 2.44. The number of thioether (sulfide) groups is 1. The molecule has 2 aromatic rings. The number of anilines is 1. The third-order valence-electron chi connectivity index (χ3n) is 5.30. The summed E-state index contributed by atoms with van der Waals surface area (Å²) in [6.07, 6.45) is 8.03. The SMILES string of the molecule is CC(C)(C)NC(=O)C1=CCC(c2cc(NC3CC3)n3ncc(/C=C4\NC(=O)NC4=O)c3n2)S1. The summed E-state index contributed by atoms with van der Waals surface area (Å²) in [5.41, 5.74) is 1.86. The summed E-state index contributed by atoms with van der Waals surface area (Å²) in [5.74, 6) is 0.248. The summed E-state index contributed by atoms with van der Waals surface area (Å²) in [7, 11) is 0. The Morgan fingerprint density at radius 2 is 2.06 bits per heavy atom. The predicted molar refractivity (Wildman–Crippen MR) is 125 cm³/mol. The minimum atomic E-state index is -0.554. The first-order valence-corrected chi connectivity index (χ1v) is 11.7. The van der Waals surface area contributed by atoms with E-state index >= 15 is 0 Å². The Morgan fingerprint density at radius 1 is 1.27 bits per heavy atom. The normalized spacial score (nSPS) is 21.8. The molecule has 0 bridgehead atoms. The van der Waals surface area contributed by atoms with E-state index in [4.69, 9.17) is 4.98 Å². The van der Waals surface area contributed by atoms with Crippen LogP contribution in [-0.4, -0.2) is 44.0 Å². The van der Waals surface area contributed by atoms with Crippen LogP contribution in [0.5, 0.6) is 0 Å². The van der Waals surface area contributed by atoms with Crippen LogP contribution >= 0.6 is 11.8 Å². The number of carbonyl (C=O) groups is 3. The lowest BCUT2D eigenvalue weighted by atomic mass is 10.1. The van der Waals surface area contributed by atoms with Crippen LogP contribution in [0.25, 0.3) is 11.7 Å². The number of aromatic nitrogens is 3. The second-order valence-corrected chi connectivity index (χ2v) is 10.6. The molecule has 4 heterocycles. The second-order valence-electron chi connectivity index (χ2n) is 9.40. The van der Waals surface area contributed by atoms with E-state index in [1.165, 1.54) is 11.8 Å². The molecule has 1 atom stereocenters. The van der Waals surface area contributed by atoms with Crippen molar-refractivity contribution < 1.29 is 14.4 Å².